The van der Waals surface area contributed by atoms with Crippen molar-refractivity contribution in [1.29, 1.82) is 0 Å². The van der Waals surface area contributed by atoms with Crippen LogP contribution in [0.3, 0.4) is 0 Å². The van der Waals surface area contributed by atoms with E-state index in [0.29, 0.717) is 11.7 Å². The van der Waals surface area contributed by atoms with Crippen molar-refractivity contribution in [1.82, 2.24) is 14.2 Å². The van der Waals surface area contributed by atoms with Crippen molar-refractivity contribution in [3.05, 3.63) is 24.3 Å². The average Bonchev–Trinajstić information content (AvgIpc) is 3.08. The SMILES string of the molecule is CN(CC(=O)N(CCCN1CCOCC1)c1nc2ccccc2s1)S(C)(=O)=O. The molecule has 1 aliphatic heterocycles. The molecule has 1 aromatic carbocycles. The normalized spacial score (nSPS) is 16.0. The molecule has 2 aromatic rings. The largest absolute Gasteiger partial charge is 0.379 e. The summed E-state index contributed by atoms with van der Waals surface area (Å²) in [7, 11) is -2.01. The number of hydrogen-bond acceptors (Lipinski definition) is 7. The summed E-state index contributed by atoms with van der Waals surface area (Å²) in [6.07, 6.45) is 1.88. The summed E-state index contributed by atoms with van der Waals surface area (Å²) in [6, 6.07) is 7.73. The van der Waals surface area contributed by atoms with Crippen LogP contribution in [-0.4, -0.2) is 87.8 Å². The molecule has 154 valence electrons. The van der Waals surface area contributed by atoms with Gasteiger partial charge in [0.05, 0.1) is 36.2 Å². The van der Waals surface area contributed by atoms with Gasteiger partial charge in [0, 0.05) is 33.2 Å². The van der Waals surface area contributed by atoms with Crippen LogP contribution in [0.1, 0.15) is 6.42 Å². The highest BCUT2D eigenvalue weighted by Gasteiger charge is 2.24. The first-order valence-corrected chi connectivity index (χ1v) is 11.9. The predicted molar refractivity (Wildman–Crippen MR) is 111 cm³/mol. The minimum atomic E-state index is -3.43. The Bertz CT molecular complexity index is 876. The molecule has 0 bridgehead atoms. The van der Waals surface area contributed by atoms with Gasteiger partial charge in [-0.1, -0.05) is 23.5 Å². The first-order valence-electron chi connectivity index (χ1n) is 9.22. The summed E-state index contributed by atoms with van der Waals surface area (Å²) in [6.45, 7) is 4.41. The quantitative estimate of drug-likeness (QED) is 0.632. The molecule has 1 fully saturated rings. The lowest BCUT2D eigenvalue weighted by atomic mass is 10.3. The predicted octanol–water partition coefficient (Wildman–Crippen LogP) is 1.24. The summed E-state index contributed by atoms with van der Waals surface area (Å²) < 4.78 is 30.9. The number of ether oxygens (including phenoxy) is 1. The Morgan fingerprint density at radius 3 is 2.68 bits per heavy atom. The number of fused-ring (bicyclic) bond motifs is 1. The van der Waals surface area contributed by atoms with Crippen LogP contribution < -0.4 is 4.90 Å². The van der Waals surface area contributed by atoms with Crippen molar-refractivity contribution in [2.75, 3.05) is 64.1 Å². The van der Waals surface area contributed by atoms with Gasteiger partial charge in [0.25, 0.3) is 0 Å². The van der Waals surface area contributed by atoms with Crippen molar-refractivity contribution in [2.24, 2.45) is 0 Å². The molecule has 8 nitrogen and oxygen atoms in total. The number of carbonyl (C=O) groups is 1. The lowest BCUT2D eigenvalue weighted by molar-refractivity contribution is -0.118. The van der Waals surface area contributed by atoms with Gasteiger partial charge in [-0.3, -0.25) is 14.6 Å². The van der Waals surface area contributed by atoms with E-state index in [4.69, 9.17) is 4.74 Å². The Hall–Kier alpha value is -1.59. The maximum Gasteiger partial charge on any atom is 0.244 e. The number of thiazole rings is 1. The van der Waals surface area contributed by atoms with Gasteiger partial charge in [-0.2, -0.15) is 4.31 Å². The minimum Gasteiger partial charge on any atom is -0.379 e. The summed E-state index contributed by atoms with van der Waals surface area (Å²) in [4.78, 5) is 21.4. The van der Waals surface area contributed by atoms with Crippen LogP contribution in [0.5, 0.6) is 0 Å². The molecule has 2 heterocycles. The second kappa shape index (κ2) is 9.27. The van der Waals surface area contributed by atoms with E-state index >= 15 is 0 Å². The van der Waals surface area contributed by atoms with E-state index in [1.165, 1.54) is 18.4 Å². The van der Waals surface area contributed by atoms with Gasteiger partial charge in [0.1, 0.15) is 0 Å². The molecule has 0 saturated carbocycles. The number of anilines is 1. The third kappa shape index (κ3) is 5.48. The topological polar surface area (TPSA) is 83.1 Å². The summed E-state index contributed by atoms with van der Waals surface area (Å²) in [5, 5.41) is 0.607. The number of carbonyl (C=O) groups excluding carboxylic acids is 1. The monoisotopic (exact) mass is 426 g/mol. The number of benzene rings is 1. The van der Waals surface area contributed by atoms with Crippen molar-refractivity contribution in [2.45, 2.75) is 6.42 Å². The molecule has 1 aliphatic rings. The summed E-state index contributed by atoms with van der Waals surface area (Å²) in [5.41, 5.74) is 0.838. The Morgan fingerprint density at radius 1 is 1.29 bits per heavy atom. The molecule has 3 rings (SSSR count). The number of morpholine rings is 1. The van der Waals surface area contributed by atoms with Crippen LogP contribution in [0.25, 0.3) is 10.2 Å². The van der Waals surface area contributed by atoms with Crippen LogP contribution in [0.2, 0.25) is 0 Å². The fraction of sp³-hybridized carbons (Fsp3) is 0.556. The molecular formula is C18H26N4O4S2. The Balaban J connectivity index is 1.73. The molecule has 1 saturated heterocycles. The minimum absolute atomic E-state index is 0.202. The number of aromatic nitrogens is 1. The zero-order chi connectivity index (χ0) is 20.1. The van der Waals surface area contributed by atoms with Crippen LogP contribution in [0.15, 0.2) is 24.3 Å². The number of para-hydroxylation sites is 1. The Kier molecular flexibility index (Phi) is 7.00. The van der Waals surface area contributed by atoms with E-state index in [1.54, 1.807) is 4.90 Å². The number of likely N-dealkylation sites (N-methyl/N-ethyl adjacent to an activating group) is 1. The van der Waals surface area contributed by atoms with Crippen LogP contribution in [0.4, 0.5) is 5.13 Å². The van der Waals surface area contributed by atoms with E-state index in [0.717, 1.165) is 60.0 Å². The Labute approximate surface area is 169 Å². The second-order valence-corrected chi connectivity index (χ2v) is 9.93. The van der Waals surface area contributed by atoms with Gasteiger partial charge in [-0.15, -0.1) is 0 Å². The molecule has 0 N–H and O–H groups in total. The van der Waals surface area contributed by atoms with E-state index in [1.807, 2.05) is 24.3 Å². The van der Waals surface area contributed by atoms with Gasteiger partial charge in [0.2, 0.25) is 15.9 Å². The highest BCUT2D eigenvalue weighted by atomic mass is 32.2. The summed E-state index contributed by atoms with van der Waals surface area (Å²) in [5.74, 6) is -0.269. The van der Waals surface area contributed by atoms with Gasteiger partial charge < -0.3 is 4.74 Å². The van der Waals surface area contributed by atoms with E-state index in [-0.39, 0.29) is 12.5 Å². The molecule has 10 heteroatoms. The second-order valence-electron chi connectivity index (χ2n) is 6.84. The van der Waals surface area contributed by atoms with Gasteiger partial charge >= 0.3 is 0 Å². The maximum atomic E-state index is 12.9. The Morgan fingerprint density at radius 2 is 2.00 bits per heavy atom. The van der Waals surface area contributed by atoms with Gasteiger partial charge in [-0.25, -0.2) is 13.4 Å². The van der Waals surface area contributed by atoms with Crippen LogP contribution in [-0.2, 0) is 19.6 Å². The fourth-order valence-electron chi connectivity index (χ4n) is 2.97. The number of hydrogen-bond donors (Lipinski definition) is 0. The van der Waals surface area contributed by atoms with Crippen molar-refractivity contribution in [3.8, 4) is 0 Å². The van der Waals surface area contributed by atoms with Crippen LogP contribution in [0, 0.1) is 0 Å². The summed E-state index contributed by atoms with van der Waals surface area (Å²) >= 11 is 1.45. The average molecular weight is 427 g/mol. The number of rotatable bonds is 8. The zero-order valence-electron chi connectivity index (χ0n) is 16.2. The third-order valence-corrected chi connectivity index (χ3v) is 7.02. The molecule has 0 unspecified atom stereocenters. The van der Waals surface area contributed by atoms with Crippen LogP contribution >= 0.6 is 11.3 Å². The first kappa shape index (κ1) is 21.1. The molecule has 0 spiro atoms. The molecular weight excluding hydrogens is 400 g/mol. The first-order chi connectivity index (χ1) is 13.3. The molecule has 0 aliphatic carbocycles. The van der Waals surface area contributed by atoms with E-state index in [9.17, 15) is 13.2 Å². The van der Waals surface area contributed by atoms with E-state index < -0.39 is 10.0 Å². The van der Waals surface area contributed by atoms with Crippen molar-refractivity contribution >= 4 is 42.6 Å². The number of nitrogens with zero attached hydrogens (tertiary/aromatic N) is 4. The van der Waals surface area contributed by atoms with Gasteiger partial charge in [-0.05, 0) is 18.6 Å². The molecule has 0 atom stereocenters. The fourth-order valence-corrected chi connectivity index (χ4v) is 4.33. The highest BCUT2D eigenvalue weighted by molar-refractivity contribution is 7.88. The smallest absolute Gasteiger partial charge is 0.244 e. The van der Waals surface area contributed by atoms with Crippen molar-refractivity contribution < 1.29 is 17.9 Å². The third-order valence-electron chi connectivity index (χ3n) is 4.70. The molecule has 28 heavy (non-hydrogen) atoms. The molecule has 1 amide bonds. The zero-order valence-corrected chi connectivity index (χ0v) is 17.8. The van der Waals surface area contributed by atoms with Gasteiger partial charge in [0.15, 0.2) is 5.13 Å². The van der Waals surface area contributed by atoms with E-state index in [2.05, 4.69) is 9.88 Å². The highest BCUT2D eigenvalue weighted by Crippen LogP contribution is 2.29. The lowest BCUT2D eigenvalue weighted by Crippen LogP contribution is -2.43. The maximum absolute atomic E-state index is 12.9. The standard InChI is InChI=1S/C18H26N4O4S2/c1-20(28(2,24)25)14-17(23)22(9-5-8-21-10-12-26-13-11-21)18-19-15-6-3-4-7-16(15)27-18/h3-4,6-7H,5,8-14H2,1-2H3. The lowest BCUT2D eigenvalue weighted by Gasteiger charge is -2.28. The number of sulfonamides is 1. The van der Waals surface area contributed by atoms with Crippen molar-refractivity contribution in [3.63, 3.8) is 0 Å². The molecule has 1 aromatic heterocycles. The molecule has 0 radical (unpaired) electrons. The number of amides is 1.